The Morgan fingerprint density at radius 3 is 2.77 bits per heavy atom. The molecule has 0 bridgehead atoms. The summed E-state index contributed by atoms with van der Waals surface area (Å²) in [5, 5.41) is 10.0. The first-order chi connectivity index (χ1) is 14.9. The molecule has 2 heterocycles. The summed E-state index contributed by atoms with van der Waals surface area (Å²) in [6, 6.07) is 12.8. The Hall–Kier alpha value is -1.69. The lowest BCUT2D eigenvalue weighted by molar-refractivity contribution is -0.141. The number of halogens is 1. The maximum atomic E-state index is 11.2. The molecule has 1 saturated heterocycles. The van der Waals surface area contributed by atoms with E-state index >= 15 is 0 Å². The topological polar surface area (TPSA) is 49.8 Å². The van der Waals surface area contributed by atoms with E-state index in [1.807, 2.05) is 12.1 Å². The normalized spacial score (nSPS) is 18.5. The average Bonchev–Trinajstić information content (AvgIpc) is 3.11. The first-order valence-electron chi connectivity index (χ1n) is 11.0. The number of aliphatic carboxylic acids is 1. The van der Waals surface area contributed by atoms with E-state index in [0.29, 0.717) is 6.54 Å². The van der Waals surface area contributed by atoms with Gasteiger partial charge in [0, 0.05) is 33.2 Å². The molecular formula is C25H30ClNO3S. The third-order valence-corrected chi connectivity index (χ3v) is 8.15. The van der Waals surface area contributed by atoms with Crippen LogP contribution < -0.4 is 4.74 Å². The van der Waals surface area contributed by atoms with Gasteiger partial charge in [-0.25, -0.2) is 0 Å². The molecule has 0 radical (unpaired) electrons. The van der Waals surface area contributed by atoms with Crippen molar-refractivity contribution in [3.63, 3.8) is 0 Å². The molecule has 2 aliphatic heterocycles. The summed E-state index contributed by atoms with van der Waals surface area (Å²) in [4.78, 5) is 14.6. The lowest BCUT2D eigenvalue weighted by Gasteiger charge is -2.39. The minimum absolute atomic E-state index is 0.0691. The average molecular weight is 460 g/mol. The number of likely N-dealkylation sites (tertiary alicyclic amines) is 1. The van der Waals surface area contributed by atoms with Gasteiger partial charge in [0.15, 0.2) is 0 Å². The Bertz CT molecular complexity index is 956. The summed E-state index contributed by atoms with van der Waals surface area (Å²) in [5.74, 6) is 0.811. The van der Waals surface area contributed by atoms with Gasteiger partial charge in [0.25, 0.3) is 0 Å². The van der Waals surface area contributed by atoms with Gasteiger partial charge in [-0.3, -0.25) is 4.79 Å². The summed E-state index contributed by atoms with van der Waals surface area (Å²) in [7, 11) is 0. The number of fused-ring (bicyclic) bond motifs is 2. The van der Waals surface area contributed by atoms with E-state index in [9.17, 15) is 9.90 Å². The molecule has 166 valence electrons. The van der Waals surface area contributed by atoms with Gasteiger partial charge >= 0.3 is 5.97 Å². The zero-order valence-corrected chi connectivity index (χ0v) is 19.8. The Morgan fingerprint density at radius 2 is 2.06 bits per heavy atom. The van der Waals surface area contributed by atoms with E-state index in [1.54, 1.807) is 18.7 Å². The second kappa shape index (κ2) is 9.43. The van der Waals surface area contributed by atoms with Gasteiger partial charge in [0.1, 0.15) is 5.75 Å². The van der Waals surface area contributed by atoms with Crippen LogP contribution in [0.25, 0.3) is 0 Å². The largest absolute Gasteiger partial charge is 0.492 e. The number of hydrogen-bond acceptors (Lipinski definition) is 4. The fourth-order valence-electron chi connectivity index (χ4n) is 4.74. The Balaban J connectivity index is 1.42. The quantitative estimate of drug-likeness (QED) is 0.543. The number of carboxylic acids is 1. The number of nitrogens with zero attached hydrogens (tertiary/aromatic N) is 1. The molecule has 2 aromatic rings. The van der Waals surface area contributed by atoms with E-state index in [1.165, 1.54) is 21.6 Å². The van der Waals surface area contributed by atoms with Crippen LogP contribution in [0.1, 0.15) is 43.4 Å². The molecule has 0 aromatic heterocycles. The second-order valence-electron chi connectivity index (χ2n) is 8.79. The highest BCUT2D eigenvalue weighted by molar-refractivity contribution is 7.98. The molecule has 1 unspecified atom stereocenters. The van der Waals surface area contributed by atoms with Crippen molar-refractivity contribution in [1.82, 2.24) is 4.90 Å². The zero-order valence-electron chi connectivity index (χ0n) is 18.2. The SMILES string of the molecule is CCc1cccc(Cl)c1CSc1ccc2c(c1)OCC21CCN(CC(C)C(=O)O)CC1. The summed E-state index contributed by atoms with van der Waals surface area (Å²) < 4.78 is 6.16. The van der Waals surface area contributed by atoms with Crippen molar-refractivity contribution in [3.05, 3.63) is 58.1 Å². The highest BCUT2D eigenvalue weighted by atomic mass is 35.5. The van der Waals surface area contributed by atoms with Crippen LogP contribution in [0.3, 0.4) is 0 Å². The molecule has 4 rings (SSSR count). The van der Waals surface area contributed by atoms with Crippen molar-refractivity contribution in [2.24, 2.45) is 5.92 Å². The lowest BCUT2D eigenvalue weighted by atomic mass is 9.74. The molecule has 6 heteroatoms. The summed E-state index contributed by atoms with van der Waals surface area (Å²) >= 11 is 8.25. The fourth-order valence-corrected chi connectivity index (χ4v) is 6.08. The van der Waals surface area contributed by atoms with Crippen LogP contribution in [0.2, 0.25) is 5.02 Å². The maximum absolute atomic E-state index is 11.2. The van der Waals surface area contributed by atoms with E-state index in [4.69, 9.17) is 16.3 Å². The Morgan fingerprint density at radius 1 is 1.29 bits per heavy atom. The number of ether oxygens (including phenoxy) is 1. The summed E-state index contributed by atoms with van der Waals surface area (Å²) in [6.07, 6.45) is 3.01. The van der Waals surface area contributed by atoms with Gasteiger partial charge in [-0.2, -0.15) is 0 Å². The van der Waals surface area contributed by atoms with Crippen LogP contribution in [0.5, 0.6) is 5.75 Å². The van der Waals surface area contributed by atoms with Crippen LogP contribution in [-0.4, -0.2) is 42.2 Å². The second-order valence-corrected chi connectivity index (χ2v) is 10.2. The third kappa shape index (κ3) is 4.74. The van der Waals surface area contributed by atoms with Crippen molar-refractivity contribution in [1.29, 1.82) is 0 Å². The molecular weight excluding hydrogens is 430 g/mol. The van der Waals surface area contributed by atoms with Crippen LogP contribution in [0.4, 0.5) is 0 Å². The molecule has 0 aliphatic carbocycles. The zero-order chi connectivity index (χ0) is 22.0. The van der Waals surface area contributed by atoms with Crippen molar-refractivity contribution in [3.8, 4) is 5.75 Å². The number of thioether (sulfide) groups is 1. The minimum atomic E-state index is -0.720. The van der Waals surface area contributed by atoms with Gasteiger partial charge in [-0.05, 0) is 61.7 Å². The first-order valence-corrected chi connectivity index (χ1v) is 12.4. The third-order valence-electron chi connectivity index (χ3n) is 6.78. The van der Waals surface area contributed by atoms with Gasteiger partial charge < -0.3 is 14.7 Å². The lowest BCUT2D eigenvalue weighted by Crippen LogP contribution is -2.45. The molecule has 2 aromatic carbocycles. The van der Waals surface area contributed by atoms with Crippen LogP contribution >= 0.6 is 23.4 Å². The van der Waals surface area contributed by atoms with Gasteiger partial charge in [-0.15, -0.1) is 11.8 Å². The summed E-state index contributed by atoms with van der Waals surface area (Å²) in [6.45, 7) is 7.13. The first kappa shape index (κ1) is 22.5. The van der Waals surface area contributed by atoms with E-state index in [2.05, 4.69) is 36.1 Å². The van der Waals surface area contributed by atoms with E-state index in [0.717, 1.165) is 55.5 Å². The van der Waals surface area contributed by atoms with Crippen molar-refractivity contribution >= 4 is 29.3 Å². The van der Waals surface area contributed by atoms with Gasteiger partial charge in [0.05, 0.1) is 12.5 Å². The minimum Gasteiger partial charge on any atom is -0.492 e. The van der Waals surface area contributed by atoms with Crippen LogP contribution in [0.15, 0.2) is 41.3 Å². The number of carboxylic acid groups (broad SMARTS) is 1. The molecule has 1 spiro atoms. The predicted molar refractivity (Wildman–Crippen MR) is 126 cm³/mol. The van der Waals surface area contributed by atoms with Crippen LogP contribution in [-0.2, 0) is 22.4 Å². The molecule has 0 amide bonds. The number of hydrogen-bond donors (Lipinski definition) is 1. The van der Waals surface area contributed by atoms with Gasteiger partial charge in [0.2, 0.25) is 0 Å². The number of aryl methyl sites for hydroxylation is 1. The van der Waals surface area contributed by atoms with Crippen molar-refractivity contribution in [2.75, 3.05) is 26.2 Å². The number of piperidine rings is 1. The number of rotatable bonds is 7. The molecule has 1 N–H and O–H groups in total. The molecule has 1 fully saturated rings. The standard InChI is InChI=1S/C25H30ClNO3S/c1-3-18-5-4-6-22(26)20(18)15-31-19-7-8-21-23(13-19)30-16-25(21)9-11-27(12-10-25)14-17(2)24(28)29/h4-8,13,17H,3,9-12,14-16H2,1-2H3,(H,28,29). The molecule has 2 aliphatic rings. The predicted octanol–water partition coefficient (Wildman–Crippen LogP) is 5.64. The highest BCUT2D eigenvalue weighted by Crippen LogP contribution is 2.47. The Labute approximate surface area is 193 Å². The summed E-state index contributed by atoms with van der Waals surface area (Å²) in [5.41, 5.74) is 3.91. The Kier molecular flexibility index (Phi) is 6.85. The number of carbonyl (C=O) groups is 1. The molecule has 0 saturated carbocycles. The maximum Gasteiger partial charge on any atom is 0.307 e. The van der Waals surface area contributed by atoms with Crippen molar-refractivity contribution in [2.45, 2.75) is 49.2 Å². The molecule has 31 heavy (non-hydrogen) atoms. The number of benzene rings is 2. The highest BCUT2D eigenvalue weighted by Gasteiger charge is 2.43. The van der Waals surface area contributed by atoms with E-state index in [-0.39, 0.29) is 11.3 Å². The monoisotopic (exact) mass is 459 g/mol. The molecule has 1 atom stereocenters. The van der Waals surface area contributed by atoms with Crippen LogP contribution in [0, 0.1) is 5.92 Å². The van der Waals surface area contributed by atoms with Crippen molar-refractivity contribution < 1.29 is 14.6 Å². The van der Waals surface area contributed by atoms with E-state index < -0.39 is 5.97 Å². The fraction of sp³-hybridized carbons (Fsp3) is 0.480. The van der Waals surface area contributed by atoms with Gasteiger partial charge in [-0.1, -0.05) is 43.6 Å². The smallest absolute Gasteiger partial charge is 0.307 e. The molecule has 4 nitrogen and oxygen atoms in total.